The van der Waals surface area contributed by atoms with Crippen molar-refractivity contribution in [2.75, 3.05) is 6.61 Å². The minimum atomic E-state index is -0.306. The highest BCUT2D eigenvalue weighted by atomic mass is 16.5. The second-order valence-corrected chi connectivity index (χ2v) is 4.70. The molecule has 0 heterocycles. The standard InChI is InChI=1S/C16H21NO2/c1-3-5-6-13(4-2)12-19-16(18)15-9-7-14(11-17)8-10-15/h7-10,13H,3-6,12H2,1-2H3/t13-/m1/s1. The fraction of sp³-hybridized carbons (Fsp3) is 0.500. The number of carbonyl (C=O) groups excluding carboxylic acids is 1. The molecule has 0 fully saturated rings. The number of carbonyl (C=O) groups is 1. The summed E-state index contributed by atoms with van der Waals surface area (Å²) >= 11 is 0. The SMILES string of the molecule is CCCC[C@@H](CC)COC(=O)c1ccc(C#N)cc1. The van der Waals surface area contributed by atoms with Crippen LogP contribution in [-0.4, -0.2) is 12.6 Å². The zero-order valence-electron chi connectivity index (χ0n) is 11.7. The van der Waals surface area contributed by atoms with Crippen LogP contribution in [-0.2, 0) is 4.74 Å². The van der Waals surface area contributed by atoms with Gasteiger partial charge in [0.2, 0.25) is 0 Å². The molecule has 0 bridgehead atoms. The largest absolute Gasteiger partial charge is 0.462 e. The van der Waals surface area contributed by atoms with Crippen LogP contribution in [0.1, 0.15) is 55.5 Å². The maximum absolute atomic E-state index is 11.8. The van der Waals surface area contributed by atoms with Crippen LogP contribution in [0.3, 0.4) is 0 Å². The molecule has 1 aromatic rings. The van der Waals surface area contributed by atoms with E-state index in [0.717, 1.165) is 12.8 Å². The van der Waals surface area contributed by atoms with Crippen LogP contribution in [0.2, 0.25) is 0 Å². The van der Waals surface area contributed by atoms with Crippen molar-refractivity contribution in [2.24, 2.45) is 5.92 Å². The van der Waals surface area contributed by atoms with E-state index < -0.39 is 0 Å². The number of rotatable bonds is 7. The van der Waals surface area contributed by atoms with Gasteiger partial charge in [-0.1, -0.05) is 33.1 Å². The summed E-state index contributed by atoms with van der Waals surface area (Å²) in [7, 11) is 0. The molecule has 0 radical (unpaired) electrons. The predicted molar refractivity (Wildman–Crippen MR) is 74.7 cm³/mol. The summed E-state index contributed by atoms with van der Waals surface area (Å²) in [6, 6.07) is 8.55. The Morgan fingerprint density at radius 2 is 2.00 bits per heavy atom. The van der Waals surface area contributed by atoms with Gasteiger partial charge in [-0.3, -0.25) is 0 Å². The lowest BCUT2D eigenvalue weighted by Gasteiger charge is -2.14. The molecule has 3 heteroatoms. The van der Waals surface area contributed by atoms with Crippen molar-refractivity contribution < 1.29 is 9.53 Å². The van der Waals surface area contributed by atoms with Gasteiger partial charge in [-0.15, -0.1) is 0 Å². The van der Waals surface area contributed by atoms with Gasteiger partial charge in [-0.25, -0.2) is 4.79 Å². The first-order valence-corrected chi connectivity index (χ1v) is 6.88. The summed E-state index contributed by atoms with van der Waals surface area (Å²) in [6.07, 6.45) is 4.47. The molecule has 0 aliphatic rings. The van der Waals surface area contributed by atoms with Crippen molar-refractivity contribution in [1.29, 1.82) is 5.26 Å². The molecule has 3 nitrogen and oxygen atoms in total. The van der Waals surface area contributed by atoms with E-state index in [1.807, 2.05) is 6.07 Å². The molecule has 0 unspecified atom stereocenters. The van der Waals surface area contributed by atoms with Crippen molar-refractivity contribution in [3.63, 3.8) is 0 Å². The van der Waals surface area contributed by atoms with Crippen molar-refractivity contribution in [3.8, 4) is 6.07 Å². The molecule has 0 aliphatic heterocycles. The van der Waals surface area contributed by atoms with Crippen LogP contribution in [0.15, 0.2) is 24.3 Å². The Bertz CT molecular complexity index is 431. The number of nitrogens with zero attached hydrogens (tertiary/aromatic N) is 1. The van der Waals surface area contributed by atoms with Gasteiger partial charge in [0.15, 0.2) is 0 Å². The van der Waals surface area contributed by atoms with E-state index in [2.05, 4.69) is 13.8 Å². The van der Waals surface area contributed by atoms with Crippen LogP contribution in [0, 0.1) is 17.2 Å². The molecule has 1 aromatic carbocycles. The third-order valence-electron chi connectivity index (χ3n) is 3.24. The van der Waals surface area contributed by atoms with Gasteiger partial charge in [-0.2, -0.15) is 5.26 Å². The van der Waals surface area contributed by atoms with Crippen molar-refractivity contribution in [2.45, 2.75) is 39.5 Å². The maximum Gasteiger partial charge on any atom is 0.338 e. The average Bonchev–Trinajstić information content (AvgIpc) is 2.47. The average molecular weight is 259 g/mol. The summed E-state index contributed by atoms with van der Waals surface area (Å²) < 4.78 is 5.33. The van der Waals surface area contributed by atoms with Gasteiger partial charge in [-0.05, 0) is 36.6 Å². The van der Waals surface area contributed by atoms with Crippen LogP contribution >= 0.6 is 0 Å². The van der Waals surface area contributed by atoms with Gasteiger partial charge >= 0.3 is 5.97 Å². The Hall–Kier alpha value is -1.82. The molecule has 102 valence electrons. The maximum atomic E-state index is 11.8. The van der Waals surface area contributed by atoms with E-state index in [-0.39, 0.29) is 5.97 Å². The highest BCUT2D eigenvalue weighted by Gasteiger charge is 2.11. The number of unbranched alkanes of at least 4 members (excludes halogenated alkanes) is 1. The Morgan fingerprint density at radius 3 is 2.53 bits per heavy atom. The second-order valence-electron chi connectivity index (χ2n) is 4.70. The molecule has 1 atom stereocenters. The molecule has 0 saturated heterocycles. The van der Waals surface area contributed by atoms with Gasteiger partial charge in [0.1, 0.15) is 0 Å². The van der Waals surface area contributed by atoms with E-state index in [4.69, 9.17) is 10.00 Å². The molecular weight excluding hydrogens is 238 g/mol. The van der Waals surface area contributed by atoms with Crippen molar-refractivity contribution in [3.05, 3.63) is 35.4 Å². The zero-order valence-corrected chi connectivity index (χ0v) is 11.7. The third kappa shape index (κ3) is 5.13. The molecule has 1 rings (SSSR count). The normalized spacial score (nSPS) is 11.6. The summed E-state index contributed by atoms with van der Waals surface area (Å²) in [5.74, 6) is 0.140. The lowest BCUT2D eigenvalue weighted by molar-refractivity contribution is 0.0428. The summed E-state index contributed by atoms with van der Waals surface area (Å²) in [4.78, 5) is 11.8. The first kappa shape index (κ1) is 15.2. The van der Waals surface area contributed by atoms with Gasteiger partial charge < -0.3 is 4.74 Å². The number of esters is 1. The monoisotopic (exact) mass is 259 g/mol. The highest BCUT2D eigenvalue weighted by molar-refractivity contribution is 5.89. The lowest BCUT2D eigenvalue weighted by atomic mass is 10.0. The fourth-order valence-electron chi connectivity index (χ4n) is 1.86. The Balaban J connectivity index is 2.47. The second kappa shape index (κ2) is 8.31. The van der Waals surface area contributed by atoms with Crippen molar-refractivity contribution in [1.82, 2.24) is 0 Å². The van der Waals surface area contributed by atoms with E-state index >= 15 is 0 Å². The Kier molecular flexibility index (Phi) is 6.67. The molecule has 0 spiro atoms. The predicted octanol–water partition coefficient (Wildman–Crippen LogP) is 3.93. The lowest BCUT2D eigenvalue weighted by Crippen LogP contribution is -2.14. The van der Waals surface area contributed by atoms with Crippen molar-refractivity contribution >= 4 is 5.97 Å². The molecule has 0 N–H and O–H groups in total. The smallest absolute Gasteiger partial charge is 0.338 e. The van der Waals surface area contributed by atoms with Gasteiger partial charge in [0.05, 0.1) is 23.8 Å². The summed E-state index contributed by atoms with van der Waals surface area (Å²) in [6.45, 7) is 4.76. The minimum absolute atomic E-state index is 0.306. The highest BCUT2D eigenvalue weighted by Crippen LogP contribution is 2.14. The molecule has 0 amide bonds. The molecule has 0 aliphatic carbocycles. The van der Waals surface area contributed by atoms with Gasteiger partial charge in [0.25, 0.3) is 0 Å². The number of benzene rings is 1. The zero-order chi connectivity index (χ0) is 14.1. The van der Waals surface area contributed by atoms with Crippen LogP contribution < -0.4 is 0 Å². The quantitative estimate of drug-likeness (QED) is 0.697. The first-order valence-electron chi connectivity index (χ1n) is 6.88. The summed E-state index contributed by atoms with van der Waals surface area (Å²) in [5.41, 5.74) is 1.05. The molecule has 0 aromatic heterocycles. The summed E-state index contributed by atoms with van der Waals surface area (Å²) in [5, 5.41) is 8.69. The molecule has 0 saturated carbocycles. The van der Waals surface area contributed by atoms with E-state index in [1.165, 1.54) is 12.8 Å². The van der Waals surface area contributed by atoms with E-state index in [1.54, 1.807) is 24.3 Å². The van der Waals surface area contributed by atoms with Gasteiger partial charge in [0, 0.05) is 0 Å². The topological polar surface area (TPSA) is 50.1 Å². The first-order chi connectivity index (χ1) is 9.21. The third-order valence-corrected chi connectivity index (χ3v) is 3.24. The fourth-order valence-corrected chi connectivity index (χ4v) is 1.86. The molecule has 19 heavy (non-hydrogen) atoms. The number of ether oxygens (including phenoxy) is 1. The van der Waals surface area contributed by atoms with Crippen LogP contribution in [0.5, 0.6) is 0 Å². The number of nitriles is 1. The Morgan fingerprint density at radius 1 is 1.32 bits per heavy atom. The molecular formula is C16H21NO2. The number of hydrogen-bond acceptors (Lipinski definition) is 3. The minimum Gasteiger partial charge on any atom is -0.462 e. The van der Waals surface area contributed by atoms with Crippen LogP contribution in [0.4, 0.5) is 0 Å². The van der Waals surface area contributed by atoms with Crippen LogP contribution in [0.25, 0.3) is 0 Å². The van der Waals surface area contributed by atoms with E-state index in [0.29, 0.717) is 23.7 Å². The Labute approximate surface area is 115 Å². The van der Waals surface area contributed by atoms with E-state index in [9.17, 15) is 4.79 Å². The number of hydrogen-bond donors (Lipinski definition) is 0.